The molecule has 0 aromatic carbocycles. The fourth-order valence-electron chi connectivity index (χ4n) is 1.55. The number of hydrogen-bond donors (Lipinski definition) is 2. The van der Waals surface area contributed by atoms with Crippen LogP contribution in [0.2, 0.25) is 0 Å². The van der Waals surface area contributed by atoms with Gasteiger partial charge in [0, 0.05) is 19.2 Å². The Bertz CT molecular complexity index is 180. The average Bonchev–Trinajstić information content (AvgIpc) is 2.13. The van der Waals surface area contributed by atoms with Gasteiger partial charge in [0.2, 0.25) is 0 Å². The topological polar surface area (TPSA) is 58.6 Å². The second-order valence-corrected chi connectivity index (χ2v) is 3.77. The SMILES string of the molecule is COC(=O)C(CCO)CNC1CCC1. The van der Waals surface area contributed by atoms with Crippen molar-refractivity contribution in [1.82, 2.24) is 5.32 Å². The van der Waals surface area contributed by atoms with E-state index in [0.717, 1.165) is 0 Å². The summed E-state index contributed by atoms with van der Waals surface area (Å²) in [6.07, 6.45) is 4.16. The highest BCUT2D eigenvalue weighted by atomic mass is 16.5. The summed E-state index contributed by atoms with van der Waals surface area (Å²) < 4.78 is 4.66. The molecule has 1 fully saturated rings. The van der Waals surface area contributed by atoms with Gasteiger partial charge in [0.1, 0.15) is 0 Å². The van der Waals surface area contributed by atoms with E-state index in [1.165, 1.54) is 26.4 Å². The minimum Gasteiger partial charge on any atom is -0.469 e. The number of rotatable bonds is 6. The van der Waals surface area contributed by atoms with Crippen LogP contribution < -0.4 is 5.32 Å². The van der Waals surface area contributed by atoms with Crippen molar-refractivity contribution in [1.29, 1.82) is 0 Å². The number of carbonyl (C=O) groups excluding carboxylic acids is 1. The highest BCUT2D eigenvalue weighted by Crippen LogP contribution is 2.18. The predicted octanol–water partition coefficient (Wildman–Crippen LogP) is 0.300. The number of nitrogens with one attached hydrogen (secondary N) is 1. The van der Waals surface area contributed by atoms with Crippen molar-refractivity contribution < 1.29 is 14.6 Å². The molecule has 0 saturated heterocycles. The maximum absolute atomic E-state index is 11.2. The summed E-state index contributed by atoms with van der Waals surface area (Å²) >= 11 is 0. The van der Waals surface area contributed by atoms with Crippen LogP contribution in [-0.2, 0) is 9.53 Å². The van der Waals surface area contributed by atoms with Crippen LogP contribution in [-0.4, -0.2) is 37.4 Å². The van der Waals surface area contributed by atoms with E-state index in [9.17, 15) is 4.79 Å². The summed E-state index contributed by atoms with van der Waals surface area (Å²) in [5, 5.41) is 12.1. The van der Waals surface area contributed by atoms with Gasteiger partial charge in [-0.25, -0.2) is 0 Å². The van der Waals surface area contributed by atoms with E-state index in [-0.39, 0.29) is 18.5 Å². The highest BCUT2D eigenvalue weighted by molar-refractivity contribution is 5.72. The van der Waals surface area contributed by atoms with Crippen LogP contribution in [0.4, 0.5) is 0 Å². The molecule has 0 aliphatic heterocycles. The largest absolute Gasteiger partial charge is 0.469 e. The minimum atomic E-state index is -0.231. The van der Waals surface area contributed by atoms with Crippen LogP contribution in [0, 0.1) is 5.92 Å². The van der Waals surface area contributed by atoms with Crippen molar-refractivity contribution >= 4 is 5.97 Å². The molecule has 0 aromatic rings. The maximum atomic E-state index is 11.2. The number of ether oxygens (including phenoxy) is 1. The lowest BCUT2D eigenvalue weighted by atomic mass is 9.92. The molecule has 1 rings (SSSR count). The third-order valence-corrected chi connectivity index (χ3v) is 2.77. The van der Waals surface area contributed by atoms with Gasteiger partial charge in [-0.1, -0.05) is 6.42 Å². The van der Waals surface area contributed by atoms with Gasteiger partial charge in [-0.05, 0) is 19.3 Å². The number of aliphatic hydroxyl groups excluding tert-OH is 1. The van der Waals surface area contributed by atoms with E-state index in [1.807, 2.05) is 0 Å². The van der Waals surface area contributed by atoms with E-state index < -0.39 is 0 Å². The number of methoxy groups -OCH3 is 1. The molecule has 0 heterocycles. The Balaban J connectivity index is 2.22. The van der Waals surface area contributed by atoms with Gasteiger partial charge in [0.15, 0.2) is 0 Å². The molecule has 1 saturated carbocycles. The van der Waals surface area contributed by atoms with E-state index in [1.54, 1.807) is 0 Å². The zero-order valence-corrected chi connectivity index (χ0v) is 8.66. The first-order valence-electron chi connectivity index (χ1n) is 5.20. The summed E-state index contributed by atoms with van der Waals surface area (Å²) in [7, 11) is 1.38. The van der Waals surface area contributed by atoms with Crippen molar-refractivity contribution in [3.63, 3.8) is 0 Å². The minimum absolute atomic E-state index is 0.0338. The Morgan fingerprint density at radius 3 is 2.79 bits per heavy atom. The molecule has 4 heteroatoms. The van der Waals surface area contributed by atoms with Crippen LogP contribution in [0.15, 0.2) is 0 Å². The van der Waals surface area contributed by atoms with Crippen LogP contribution in [0.3, 0.4) is 0 Å². The Morgan fingerprint density at radius 2 is 2.36 bits per heavy atom. The fourth-order valence-corrected chi connectivity index (χ4v) is 1.55. The molecular weight excluding hydrogens is 182 g/mol. The lowest BCUT2D eigenvalue weighted by Crippen LogP contribution is -2.40. The van der Waals surface area contributed by atoms with Gasteiger partial charge in [-0.15, -0.1) is 0 Å². The van der Waals surface area contributed by atoms with Gasteiger partial charge in [-0.3, -0.25) is 4.79 Å². The molecule has 0 spiro atoms. The lowest BCUT2D eigenvalue weighted by Gasteiger charge is -2.28. The fraction of sp³-hybridized carbons (Fsp3) is 0.900. The standard InChI is InChI=1S/C10H19NO3/c1-14-10(13)8(5-6-12)7-11-9-3-2-4-9/h8-9,11-12H,2-7H2,1H3. The smallest absolute Gasteiger partial charge is 0.310 e. The van der Waals surface area contributed by atoms with Gasteiger partial charge >= 0.3 is 5.97 Å². The predicted molar refractivity (Wildman–Crippen MR) is 52.9 cm³/mol. The van der Waals surface area contributed by atoms with Crippen LogP contribution >= 0.6 is 0 Å². The Labute approximate surface area is 84.6 Å². The first-order valence-corrected chi connectivity index (χ1v) is 5.20. The highest BCUT2D eigenvalue weighted by Gasteiger charge is 2.22. The zero-order valence-electron chi connectivity index (χ0n) is 8.66. The normalized spacial score (nSPS) is 18.7. The van der Waals surface area contributed by atoms with Crippen molar-refractivity contribution in [3.05, 3.63) is 0 Å². The number of esters is 1. The zero-order chi connectivity index (χ0) is 10.4. The molecule has 1 aliphatic carbocycles. The molecule has 2 N–H and O–H groups in total. The van der Waals surface area contributed by atoms with Crippen molar-refractivity contribution in [2.45, 2.75) is 31.7 Å². The van der Waals surface area contributed by atoms with Crippen LogP contribution in [0.5, 0.6) is 0 Å². The van der Waals surface area contributed by atoms with E-state index in [0.29, 0.717) is 19.0 Å². The summed E-state index contributed by atoms with van der Waals surface area (Å²) in [6, 6.07) is 0.570. The summed E-state index contributed by atoms with van der Waals surface area (Å²) in [6.45, 7) is 0.657. The molecule has 1 aliphatic rings. The Morgan fingerprint density at radius 1 is 1.64 bits per heavy atom. The van der Waals surface area contributed by atoms with Gasteiger partial charge in [0.05, 0.1) is 13.0 Å². The molecule has 0 amide bonds. The molecule has 4 nitrogen and oxygen atoms in total. The van der Waals surface area contributed by atoms with Crippen molar-refractivity contribution in [2.24, 2.45) is 5.92 Å². The molecule has 1 atom stereocenters. The molecule has 1 unspecified atom stereocenters. The van der Waals surface area contributed by atoms with E-state index in [4.69, 9.17) is 5.11 Å². The van der Waals surface area contributed by atoms with E-state index in [2.05, 4.69) is 10.1 Å². The van der Waals surface area contributed by atoms with Crippen LogP contribution in [0.25, 0.3) is 0 Å². The first kappa shape index (κ1) is 11.5. The summed E-state index contributed by atoms with van der Waals surface area (Å²) in [4.78, 5) is 11.2. The first-order chi connectivity index (χ1) is 6.77. The van der Waals surface area contributed by atoms with Gasteiger partial charge in [0.25, 0.3) is 0 Å². The molecular formula is C10H19NO3. The van der Waals surface area contributed by atoms with Crippen LogP contribution in [0.1, 0.15) is 25.7 Å². The van der Waals surface area contributed by atoms with E-state index >= 15 is 0 Å². The lowest BCUT2D eigenvalue weighted by molar-refractivity contribution is -0.145. The van der Waals surface area contributed by atoms with Gasteiger partial charge in [-0.2, -0.15) is 0 Å². The summed E-state index contributed by atoms with van der Waals surface area (Å²) in [5.74, 6) is -0.434. The molecule has 0 bridgehead atoms. The average molecular weight is 201 g/mol. The van der Waals surface area contributed by atoms with Crippen molar-refractivity contribution in [3.8, 4) is 0 Å². The third kappa shape index (κ3) is 3.27. The monoisotopic (exact) mass is 201 g/mol. The second kappa shape index (κ2) is 5.98. The molecule has 82 valence electrons. The molecule has 0 radical (unpaired) electrons. The van der Waals surface area contributed by atoms with Crippen molar-refractivity contribution in [2.75, 3.05) is 20.3 Å². The second-order valence-electron chi connectivity index (χ2n) is 3.77. The summed E-state index contributed by atoms with van der Waals surface area (Å²) in [5.41, 5.74) is 0. The Hall–Kier alpha value is -0.610. The van der Waals surface area contributed by atoms with Gasteiger partial charge < -0.3 is 15.2 Å². The molecule has 0 aromatic heterocycles. The Kier molecular flexibility index (Phi) is 4.90. The third-order valence-electron chi connectivity index (χ3n) is 2.77. The quantitative estimate of drug-likeness (QED) is 0.607. The number of carbonyl (C=O) groups is 1. The number of aliphatic hydroxyl groups is 1. The molecule has 14 heavy (non-hydrogen) atoms. The number of hydrogen-bond acceptors (Lipinski definition) is 4. The maximum Gasteiger partial charge on any atom is 0.310 e.